The number of pyridine rings is 1. The second-order valence-corrected chi connectivity index (χ2v) is 9.22. The molecule has 3 aromatic heterocycles. The maximum absolute atomic E-state index is 14.4. The van der Waals surface area contributed by atoms with Gasteiger partial charge in [-0.1, -0.05) is 0 Å². The van der Waals surface area contributed by atoms with Crippen molar-refractivity contribution < 1.29 is 28.2 Å². The highest BCUT2D eigenvalue weighted by molar-refractivity contribution is 5.93. The fourth-order valence-electron chi connectivity index (χ4n) is 5.46. The van der Waals surface area contributed by atoms with E-state index in [1.807, 2.05) is 10.6 Å². The third-order valence-corrected chi connectivity index (χ3v) is 7.15. The molecule has 8 nitrogen and oxygen atoms in total. The van der Waals surface area contributed by atoms with Crippen molar-refractivity contribution in [3.63, 3.8) is 0 Å². The lowest BCUT2D eigenvalue weighted by molar-refractivity contribution is -0.153. The van der Waals surface area contributed by atoms with Gasteiger partial charge in [-0.05, 0) is 43.9 Å². The highest BCUT2D eigenvalue weighted by Crippen LogP contribution is 2.44. The molecule has 4 aromatic rings. The Morgan fingerprint density at radius 2 is 1.91 bits per heavy atom. The highest BCUT2D eigenvalue weighted by atomic mass is 19.2. The average Bonchev–Trinajstić information content (AvgIpc) is 3.46. The summed E-state index contributed by atoms with van der Waals surface area (Å²) < 4.78 is 41.6. The Balaban J connectivity index is 1.62. The first kappa shape index (κ1) is 22.1. The number of carboxylic acids is 1. The minimum Gasteiger partial charge on any atom is -0.479 e. The molecule has 0 spiro atoms. The summed E-state index contributed by atoms with van der Waals surface area (Å²) in [7, 11) is 0. The maximum Gasteiger partial charge on any atom is 0.332 e. The normalized spacial score (nSPS) is 21.7. The number of carboxylic acid groups (broad SMARTS) is 1. The molecule has 2 saturated heterocycles. The number of H-pyrrole nitrogens is 1. The molecule has 1 aromatic carbocycles. The van der Waals surface area contributed by atoms with Crippen LogP contribution in [0, 0.1) is 11.6 Å². The van der Waals surface area contributed by atoms with Gasteiger partial charge in [-0.25, -0.2) is 18.6 Å². The number of nitrogens with one attached hydrogen (secondary N) is 1. The quantitative estimate of drug-likeness (QED) is 0.447. The zero-order chi connectivity index (χ0) is 24.1. The number of fused-ring (bicyclic) bond motifs is 2. The Bertz CT molecular complexity index is 1420. The summed E-state index contributed by atoms with van der Waals surface area (Å²) in [6.45, 7) is 1.44. The molecule has 5 heterocycles. The SMILES string of the molecule is O=C(O)C1CC[C@H](c2c(C3CCOCC3)n(-c3ccc(F)c(F)c3)c3cc4cn[nH]c4nc23)CO1. The molecule has 2 atom stereocenters. The molecule has 0 radical (unpaired) electrons. The van der Waals surface area contributed by atoms with E-state index in [-0.39, 0.29) is 18.4 Å². The van der Waals surface area contributed by atoms with Gasteiger partial charge in [-0.15, -0.1) is 0 Å². The number of nitrogens with zero attached hydrogens (tertiary/aromatic N) is 3. The summed E-state index contributed by atoms with van der Waals surface area (Å²) >= 11 is 0. The first-order valence-electron chi connectivity index (χ1n) is 11.8. The minimum absolute atomic E-state index is 0.0923. The molecule has 0 aliphatic carbocycles. The van der Waals surface area contributed by atoms with Crippen molar-refractivity contribution in [2.45, 2.75) is 43.6 Å². The number of aliphatic carboxylic acids is 1. The second-order valence-electron chi connectivity index (χ2n) is 9.22. The molecule has 35 heavy (non-hydrogen) atoms. The summed E-state index contributed by atoms with van der Waals surface area (Å²) in [6.07, 6.45) is 3.41. The maximum atomic E-state index is 14.4. The van der Waals surface area contributed by atoms with Crippen molar-refractivity contribution in [2.75, 3.05) is 19.8 Å². The van der Waals surface area contributed by atoms with E-state index in [0.717, 1.165) is 46.6 Å². The topological polar surface area (TPSA) is 102 Å². The predicted molar refractivity (Wildman–Crippen MR) is 123 cm³/mol. The van der Waals surface area contributed by atoms with E-state index in [1.54, 1.807) is 12.3 Å². The number of hydrogen-bond donors (Lipinski definition) is 2. The van der Waals surface area contributed by atoms with Crippen molar-refractivity contribution in [1.29, 1.82) is 0 Å². The van der Waals surface area contributed by atoms with E-state index < -0.39 is 23.7 Å². The first-order chi connectivity index (χ1) is 17.0. The number of hydrogen-bond acceptors (Lipinski definition) is 5. The van der Waals surface area contributed by atoms with E-state index in [1.165, 1.54) is 6.07 Å². The molecule has 2 fully saturated rings. The third-order valence-electron chi connectivity index (χ3n) is 7.15. The van der Waals surface area contributed by atoms with E-state index in [4.69, 9.17) is 14.5 Å². The van der Waals surface area contributed by atoms with Gasteiger partial charge < -0.3 is 19.1 Å². The van der Waals surface area contributed by atoms with Gasteiger partial charge in [0, 0.05) is 53.4 Å². The van der Waals surface area contributed by atoms with E-state index in [9.17, 15) is 18.7 Å². The van der Waals surface area contributed by atoms with Crippen LogP contribution in [0.15, 0.2) is 30.5 Å². The van der Waals surface area contributed by atoms with Crippen LogP contribution in [0.1, 0.15) is 48.8 Å². The average molecular weight is 482 g/mol. The Labute approximate surface area is 198 Å². The fraction of sp³-hybridized carbons (Fsp3) is 0.400. The molecule has 182 valence electrons. The first-order valence-corrected chi connectivity index (χ1v) is 11.8. The number of ether oxygens (including phenoxy) is 2. The molecule has 10 heteroatoms. The van der Waals surface area contributed by atoms with Gasteiger partial charge in [0.25, 0.3) is 0 Å². The van der Waals surface area contributed by atoms with Gasteiger partial charge in [0.2, 0.25) is 0 Å². The Morgan fingerprint density at radius 3 is 2.63 bits per heavy atom. The van der Waals surface area contributed by atoms with Gasteiger partial charge >= 0.3 is 5.97 Å². The van der Waals surface area contributed by atoms with Crippen LogP contribution >= 0.6 is 0 Å². The second kappa shape index (κ2) is 8.69. The van der Waals surface area contributed by atoms with Gasteiger partial charge in [-0.3, -0.25) is 5.10 Å². The summed E-state index contributed by atoms with van der Waals surface area (Å²) in [5.41, 5.74) is 4.57. The van der Waals surface area contributed by atoms with Crippen molar-refractivity contribution in [1.82, 2.24) is 19.7 Å². The molecule has 2 aliphatic rings. The highest BCUT2D eigenvalue weighted by Gasteiger charge is 2.35. The van der Waals surface area contributed by atoms with Crippen LogP contribution in [0.25, 0.3) is 27.8 Å². The van der Waals surface area contributed by atoms with Crippen molar-refractivity contribution >= 4 is 28.0 Å². The van der Waals surface area contributed by atoms with Gasteiger partial charge in [0.15, 0.2) is 23.4 Å². The molecule has 2 aliphatic heterocycles. The van der Waals surface area contributed by atoms with E-state index >= 15 is 0 Å². The summed E-state index contributed by atoms with van der Waals surface area (Å²) in [4.78, 5) is 16.4. The molecular formula is C25H24F2N4O4. The number of benzene rings is 1. The third kappa shape index (κ3) is 3.77. The summed E-state index contributed by atoms with van der Waals surface area (Å²) in [5.74, 6) is -2.78. The van der Waals surface area contributed by atoms with Crippen LogP contribution in [-0.4, -0.2) is 56.7 Å². The van der Waals surface area contributed by atoms with Crippen LogP contribution in [0.4, 0.5) is 8.78 Å². The number of halogens is 2. The zero-order valence-corrected chi connectivity index (χ0v) is 18.8. The molecule has 0 bridgehead atoms. The number of aromatic amines is 1. The lowest BCUT2D eigenvalue weighted by atomic mass is 9.85. The van der Waals surface area contributed by atoms with Crippen LogP contribution < -0.4 is 0 Å². The molecule has 1 unspecified atom stereocenters. The Morgan fingerprint density at radius 1 is 1.09 bits per heavy atom. The predicted octanol–water partition coefficient (Wildman–Crippen LogP) is 4.42. The minimum atomic E-state index is -0.963. The van der Waals surface area contributed by atoms with Crippen molar-refractivity contribution in [3.8, 4) is 5.69 Å². The van der Waals surface area contributed by atoms with Gasteiger partial charge in [-0.2, -0.15) is 5.10 Å². The number of carbonyl (C=O) groups is 1. The van der Waals surface area contributed by atoms with Crippen LogP contribution in [0.2, 0.25) is 0 Å². The summed E-state index contributed by atoms with van der Waals surface area (Å²) in [6, 6.07) is 5.87. The van der Waals surface area contributed by atoms with Gasteiger partial charge in [0.1, 0.15) is 0 Å². The molecule has 6 rings (SSSR count). The number of rotatable bonds is 4. The van der Waals surface area contributed by atoms with E-state index in [2.05, 4.69) is 10.2 Å². The van der Waals surface area contributed by atoms with Crippen LogP contribution in [0.5, 0.6) is 0 Å². The summed E-state index contributed by atoms with van der Waals surface area (Å²) in [5, 5.41) is 17.2. The smallest absolute Gasteiger partial charge is 0.332 e. The molecule has 2 N–H and O–H groups in total. The van der Waals surface area contributed by atoms with E-state index in [0.29, 0.717) is 37.4 Å². The standard InChI is InChI=1S/C25H24F2N4O4/c26-17-3-2-16(10-18(17)27)31-19-9-15-11-28-30-24(15)29-22(19)21(23(31)13-5-7-34-8-6-13)14-1-4-20(25(32)33)35-12-14/h2-3,9-11,13-14,20H,1,4-8,12H2,(H,32,33)(H,28,29,30)/t14-,20?/m0/s1. The zero-order valence-electron chi connectivity index (χ0n) is 18.8. The van der Waals surface area contributed by atoms with Crippen molar-refractivity contribution in [3.05, 3.63) is 53.4 Å². The monoisotopic (exact) mass is 482 g/mol. The van der Waals surface area contributed by atoms with Crippen LogP contribution in [0.3, 0.4) is 0 Å². The van der Waals surface area contributed by atoms with Crippen LogP contribution in [-0.2, 0) is 14.3 Å². The lowest BCUT2D eigenvalue weighted by Gasteiger charge is -2.30. The molecule has 0 amide bonds. The Kier molecular flexibility index (Phi) is 5.49. The van der Waals surface area contributed by atoms with Gasteiger partial charge in [0.05, 0.1) is 23.8 Å². The fourth-order valence-corrected chi connectivity index (χ4v) is 5.46. The van der Waals surface area contributed by atoms with Crippen molar-refractivity contribution in [2.24, 2.45) is 0 Å². The molecular weight excluding hydrogens is 458 g/mol. The molecule has 0 saturated carbocycles. The number of aromatic nitrogens is 4. The lowest BCUT2D eigenvalue weighted by Crippen LogP contribution is -2.32. The Hall–Kier alpha value is -3.37. The largest absolute Gasteiger partial charge is 0.479 e.